The molecule has 6 nitrogen and oxygen atoms in total. The van der Waals surface area contributed by atoms with Crippen LogP contribution in [0.25, 0.3) is 0 Å². The monoisotopic (exact) mass is 367 g/mol. The maximum absolute atomic E-state index is 12.4. The molecular weight excluding hydrogens is 350 g/mol. The zero-order valence-electron chi connectivity index (χ0n) is 13.6. The van der Waals surface area contributed by atoms with Crippen molar-refractivity contribution in [3.05, 3.63) is 40.6 Å². The number of sulfonamides is 1. The number of nitrogens with one attached hydrogen (secondary N) is 2. The fourth-order valence-electron chi connectivity index (χ4n) is 1.93. The summed E-state index contributed by atoms with van der Waals surface area (Å²) in [5.41, 5.74) is 0.913. The number of carbonyl (C=O) groups excluding carboxylic acids is 1. The maximum Gasteiger partial charge on any atom is 0.257 e. The summed E-state index contributed by atoms with van der Waals surface area (Å²) in [5, 5.41) is 11.7. The van der Waals surface area contributed by atoms with Gasteiger partial charge in [-0.1, -0.05) is 11.6 Å². The van der Waals surface area contributed by atoms with Crippen molar-refractivity contribution < 1.29 is 13.2 Å². The van der Waals surface area contributed by atoms with Crippen molar-refractivity contribution in [2.75, 3.05) is 4.72 Å². The molecule has 128 valence electrons. The van der Waals surface area contributed by atoms with E-state index in [4.69, 9.17) is 16.9 Å². The van der Waals surface area contributed by atoms with E-state index in [1.54, 1.807) is 26.8 Å². The van der Waals surface area contributed by atoms with Crippen LogP contribution in [0.3, 0.4) is 0 Å². The number of hydrogen-bond acceptors (Lipinski definition) is 4. The number of halogens is 1. The van der Waals surface area contributed by atoms with Crippen LogP contribution in [-0.2, 0) is 10.0 Å². The smallest absolute Gasteiger partial charge is 0.257 e. The topological polar surface area (TPSA) is 99.1 Å². The molecule has 0 heterocycles. The highest BCUT2D eigenvalue weighted by Gasteiger charge is 2.30. The lowest BCUT2D eigenvalue weighted by Crippen LogP contribution is -2.35. The zero-order valence-corrected chi connectivity index (χ0v) is 15.1. The molecule has 0 saturated carbocycles. The molecule has 1 aliphatic carbocycles. The Morgan fingerprint density at radius 3 is 2.54 bits per heavy atom. The van der Waals surface area contributed by atoms with E-state index < -0.39 is 20.7 Å². The van der Waals surface area contributed by atoms with E-state index in [1.165, 1.54) is 18.2 Å². The van der Waals surface area contributed by atoms with E-state index in [9.17, 15) is 13.2 Å². The highest BCUT2D eigenvalue weighted by molar-refractivity contribution is 7.94. The van der Waals surface area contributed by atoms with Crippen LogP contribution in [-0.4, -0.2) is 19.1 Å². The van der Waals surface area contributed by atoms with Gasteiger partial charge in [0, 0.05) is 17.1 Å². The Bertz CT molecular complexity index is 848. The minimum atomic E-state index is -3.68. The summed E-state index contributed by atoms with van der Waals surface area (Å²) in [7, 11) is -3.68. The van der Waals surface area contributed by atoms with E-state index in [0.717, 1.165) is 0 Å². The SMILES string of the molecule is CC(C)(C)S(=O)(=O)Nc1ccc(Cl)cc1C(=O)NC1=CC(C#N)C1. The molecule has 0 saturated heterocycles. The number of nitrogens with zero attached hydrogens (tertiary/aromatic N) is 1. The Balaban J connectivity index is 2.29. The van der Waals surface area contributed by atoms with Crippen LogP contribution in [0.15, 0.2) is 30.0 Å². The van der Waals surface area contributed by atoms with Gasteiger partial charge in [0.25, 0.3) is 5.91 Å². The maximum atomic E-state index is 12.4. The highest BCUT2D eigenvalue weighted by Crippen LogP contribution is 2.27. The molecule has 0 radical (unpaired) electrons. The summed E-state index contributed by atoms with van der Waals surface area (Å²) in [6.07, 6.45) is 2.12. The number of carbonyl (C=O) groups is 1. The Morgan fingerprint density at radius 2 is 2.00 bits per heavy atom. The molecular formula is C16H18ClN3O3S. The average molecular weight is 368 g/mol. The number of rotatable bonds is 4. The third-order valence-electron chi connectivity index (χ3n) is 3.56. The fraction of sp³-hybridized carbons (Fsp3) is 0.375. The molecule has 0 aromatic heterocycles. The van der Waals surface area contributed by atoms with Crippen molar-refractivity contribution >= 4 is 33.2 Å². The van der Waals surface area contributed by atoms with Gasteiger partial charge in [0.05, 0.1) is 28.0 Å². The third-order valence-corrected chi connectivity index (χ3v) is 5.89. The lowest BCUT2D eigenvalue weighted by Gasteiger charge is -2.23. The first-order valence-electron chi connectivity index (χ1n) is 7.27. The van der Waals surface area contributed by atoms with Gasteiger partial charge in [0.15, 0.2) is 0 Å². The molecule has 1 unspecified atom stereocenters. The molecule has 1 aliphatic rings. The molecule has 0 spiro atoms. The van der Waals surface area contributed by atoms with Crippen LogP contribution < -0.4 is 10.0 Å². The first kappa shape index (κ1) is 18.3. The Labute approximate surface area is 146 Å². The highest BCUT2D eigenvalue weighted by atomic mass is 35.5. The van der Waals surface area contributed by atoms with Crippen LogP contribution in [0.4, 0.5) is 5.69 Å². The summed E-state index contributed by atoms with van der Waals surface area (Å²) in [6.45, 7) is 4.69. The molecule has 0 bridgehead atoms. The largest absolute Gasteiger partial charge is 0.326 e. The summed E-state index contributed by atoms with van der Waals surface area (Å²) < 4.78 is 26.1. The molecule has 1 amide bonds. The van der Waals surface area contributed by atoms with E-state index in [-0.39, 0.29) is 17.2 Å². The first-order chi connectivity index (χ1) is 11.0. The van der Waals surface area contributed by atoms with Gasteiger partial charge in [-0.15, -0.1) is 0 Å². The quantitative estimate of drug-likeness (QED) is 0.854. The Morgan fingerprint density at radius 1 is 1.38 bits per heavy atom. The molecule has 1 aromatic carbocycles. The normalized spacial score (nSPS) is 17.3. The van der Waals surface area contributed by atoms with Gasteiger partial charge < -0.3 is 5.32 Å². The van der Waals surface area contributed by atoms with Crippen LogP contribution in [0.5, 0.6) is 0 Å². The summed E-state index contributed by atoms with van der Waals surface area (Å²) in [5.74, 6) is -0.676. The number of hydrogen-bond donors (Lipinski definition) is 2. The van der Waals surface area contributed by atoms with Crippen molar-refractivity contribution in [3.63, 3.8) is 0 Å². The van der Waals surface area contributed by atoms with E-state index >= 15 is 0 Å². The summed E-state index contributed by atoms with van der Waals surface area (Å²) in [4.78, 5) is 12.4. The lowest BCUT2D eigenvalue weighted by molar-refractivity contribution is 0.0963. The second-order valence-electron chi connectivity index (χ2n) is 6.49. The van der Waals surface area contributed by atoms with Gasteiger partial charge >= 0.3 is 0 Å². The van der Waals surface area contributed by atoms with Crippen molar-refractivity contribution in [1.29, 1.82) is 5.26 Å². The van der Waals surface area contributed by atoms with Gasteiger partial charge in [0.2, 0.25) is 10.0 Å². The van der Waals surface area contributed by atoms with Crippen LogP contribution >= 0.6 is 11.6 Å². The molecule has 24 heavy (non-hydrogen) atoms. The van der Waals surface area contributed by atoms with Crippen LogP contribution in [0, 0.1) is 17.2 Å². The predicted molar refractivity (Wildman–Crippen MR) is 93.0 cm³/mol. The second-order valence-corrected chi connectivity index (χ2v) is 9.37. The molecule has 2 rings (SSSR count). The molecule has 0 aliphatic heterocycles. The van der Waals surface area contributed by atoms with Crippen molar-refractivity contribution in [2.45, 2.75) is 31.9 Å². The van der Waals surface area contributed by atoms with Gasteiger partial charge in [-0.2, -0.15) is 5.26 Å². The molecule has 2 N–H and O–H groups in total. The summed E-state index contributed by atoms with van der Waals surface area (Å²) in [6, 6.07) is 6.43. The van der Waals surface area contributed by atoms with E-state index in [1.807, 2.05) is 0 Å². The average Bonchev–Trinajstić information content (AvgIpc) is 2.42. The number of nitriles is 1. The van der Waals surface area contributed by atoms with Crippen LogP contribution in [0.1, 0.15) is 37.6 Å². The minimum absolute atomic E-state index is 0.122. The zero-order chi connectivity index (χ0) is 18.1. The van der Waals surface area contributed by atoms with Gasteiger partial charge in [-0.25, -0.2) is 8.42 Å². The number of benzene rings is 1. The number of allylic oxidation sites excluding steroid dienone is 2. The Kier molecular flexibility index (Phi) is 4.92. The number of anilines is 1. The first-order valence-corrected chi connectivity index (χ1v) is 9.13. The van der Waals surface area contributed by atoms with Gasteiger partial charge in [-0.05, 0) is 45.0 Å². The summed E-state index contributed by atoms with van der Waals surface area (Å²) >= 11 is 5.94. The predicted octanol–water partition coefficient (Wildman–Crippen LogP) is 3.04. The van der Waals surface area contributed by atoms with E-state index in [0.29, 0.717) is 17.1 Å². The molecule has 1 atom stereocenters. The fourth-order valence-corrected chi connectivity index (χ4v) is 2.87. The van der Waals surface area contributed by atoms with Crippen LogP contribution in [0.2, 0.25) is 5.02 Å². The van der Waals surface area contributed by atoms with E-state index in [2.05, 4.69) is 16.1 Å². The lowest BCUT2D eigenvalue weighted by atomic mass is 9.92. The second kappa shape index (κ2) is 6.46. The van der Waals surface area contributed by atoms with Crippen molar-refractivity contribution in [3.8, 4) is 6.07 Å². The van der Waals surface area contributed by atoms with Crippen molar-refractivity contribution in [2.24, 2.45) is 5.92 Å². The number of amides is 1. The van der Waals surface area contributed by atoms with Crippen molar-refractivity contribution in [1.82, 2.24) is 5.32 Å². The molecule has 8 heteroatoms. The molecule has 1 aromatic rings. The van der Waals surface area contributed by atoms with Gasteiger partial charge in [-0.3, -0.25) is 9.52 Å². The standard InChI is InChI=1S/C16H18ClN3O3S/c1-16(2,3)24(22,23)20-14-5-4-11(17)8-13(14)15(21)19-12-6-10(7-12)9-18/h4-6,8,10,20H,7H2,1-3H3,(H,19,21). The molecule has 0 fully saturated rings. The van der Waals surface area contributed by atoms with Gasteiger partial charge in [0.1, 0.15) is 0 Å². The minimum Gasteiger partial charge on any atom is -0.326 e. The Hall–Kier alpha value is -2.04. The third kappa shape index (κ3) is 3.89.